The molecule has 0 spiro atoms. The van der Waals surface area contributed by atoms with E-state index in [9.17, 15) is 4.79 Å². The van der Waals surface area contributed by atoms with Crippen molar-refractivity contribution in [2.24, 2.45) is 0 Å². The van der Waals surface area contributed by atoms with Crippen LogP contribution in [-0.4, -0.2) is 43.7 Å². The van der Waals surface area contributed by atoms with E-state index in [0.29, 0.717) is 37.6 Å². The lowest BCUT2D eigenvalue weighted by Gasteiger charge is -2.19. The number of para-hydroxylation sites is 1. The van der Waals surface area contributed by atoms with E-state index in [1.54, 1.807) is 29.2 Å². The topological polar surface area (TPSA) is 62.6 Å². The van der Waals surface area contributed by atoms with Crippen LogP contribution in [0.4, 0.5) is 0 Å². The molecule has 1 aromatic rings. The van der Waals surface area contributed by atoms with Crippen LogP contribution in [0.5, 0.6) is 5.75 Å². The molecule has 0 unspecified atom stereocenters. The van der Waals surface area contributed by atoms with Gasteiger partial charge in [-0.05, 0) is 18.6 Å². The summed E-state index contributed by atoms with van der Waals surface area (Å²) in [6.45, 7) is 2.52. The Balaban J connectivity index is 1.91. The summed E-state index contributed by atoms with van der Waals surface area (Å²) < 4.78 is 10.7. The summed E-state index contributed by atoms with van der Waals surface area (Å²) in [6, 6.07) is 8.94. The van der Waals surface area contributed by atoms with Crippen molar-refractivity contribution in [3.63, 3.8) is 0 Å². The summed E-state index contributed by atoms with van der Waals surface area (Å²) in [5.74, 6) is 0.377. The second-order valence-electron chi connectivity index (χ2n) is 4.24. The number of amides is 1. The molecule has 1 aliphatic rings. The van der Waals surface area contributed by atoms with Gasteiger partial charge in [0, 0.05) is 19.7 Å². The van der Waals surface area contributed by atoms with Gasteiger partial charge in [-0.3, -0.25) is 4.79 Å². The number of rotatable bonds is 3. The van der Waals surface area contributed by atoms with E-state index in [0.717, 1.165) is 6.42 Å². The van der Waals surface area contributed by atoms with Crippen molar-refractivity contribution in [2.75, 3.05) is 32.9 Å². The minimum absolute atomic E-state index is 0.0430. The molecule has 19 heavy (non-hydrogen) atoms. The molecule has 100 valence electrons. The Kier molecular flexibility index (Phi) is 4.76. The lowest BCUT2D eigenvalue weighted by Crippen LogP contribution is -2.36. The molecule has 1 aromatic carbocycles. The normalized spacial score (nSPS) is 15.4. The van der Waals surface area contributed by atoms with Crippen LogP contribution < -0.4 is 4.74 Å². The molecule has 5 heteroatoms. The molecule has 0 radical (unpaired) electrons. The van der Waals surface area contributed by atoms with Gasteiger partial charge in [0.05, 0.1) is 12.2 Å². The lowest BCUT2D eigenvalue weighted by molar-refractivity contribution is -0.133. The van der Waals surface area contributed by atoms with Gasteiger partial charge >= 0.3 is 0 Å². The molecule has 0 saturated carbocycles. The fourth-order valence-electron chi connectivity index (χ4n) is 1.91. The molecule has 0 aromatic heterocycles. The average molecular weight is 260 g/mol. The SMILES string of the molecule is N#Cc1ccccc1OCC(=O)N1CCCOCC1. The molecule has 0 N–H and O–H groups in total. The predicted octanol–water partition coefficient (Wildman–Crippen LogP) is 1.19. The first kappa shape index (κ1) is 13.4. The molecular weight excluding hydrogens is 244 g/mol. The summed E-state index contributed by atoms with van der Waals surface area (Å²) >= 11 is 0. The van der Waals surface area contributed by atoms with Crippen molar-refractivity contribution in [1.29, 1.82) is 5.26 Å². The van der Waals surface area contributed by atoms with Crippen LogP contribution in [0.25, 0.3) is 0 Å². The Labute approximate surface area is 112 Å². The fraction of sp³-hybridized carbons (Fsp3) is 0.429. The third-order valence-corrected chi connectivity index (χ3v) is 2.93. The molecule has 1 aliphatic heterocycles. The first-order valence-electron chi connectivity index (χ1n) is 6.28. The van der Waals surface area contributed by atoms with Crippen LogP contribution in [0.3, 0.4) is 0 Å². The van der Waals surface area contributed by atoms with E-state index in [1.165, 1.54) is 0 Å². The number of benzene rings is 1. The largest absolute Gasteiger partial charge is 0.482 e. The highest BCUT2D eigenvalue weighted by molar-refractivity contribution is 5.77. The van der Waals surface area contributed by atoms with E-state index < -0.39 is 0 Å². The quantitative estimate of drug-likeness (QED) is 0.819. The number of nitriles is 1. The number of hydrogen-bond acceptors (Lipinski definition) is 4. The Morgan fingerprint density at radius 1 is 1.37 bits per heavy atom. The second-order valence-corrected chi connectivity index (χ2v) is 4.24. The highest BCUT2D eigenvalue weighted by Gasteiger charge is 2.16. The van der Waals surface area contributed by atoms with Crippen LogP contribution in [0.1, 0.15) is 12.0 Å². The average Bonchev–Trinajstić information content (AvgIpc) is 2.74. The molecule has 5 nitrogen and oxygen atoms in total. The van der Waals surface area contributed by atoms with Crippen LogP contribution in [0.2, 0.25) is 0 Å². The second kappa shape index (κ2) is 6.76. The zero-order valence-electron chi connectivity index (χ0n) is 10.7. The van der Waals surface area contributed by atoms with Crippen molar-refractivity contribution >= 4 is 5.91 Å². The van der Waals surface area contributed by atoms with Crippen LogP contribution in [0.15, 0.2) is 24.3 Å². The standard InChI is InChI=1S/C14H16N2O3/c15-10-12-4-1-2-5-13(12)19-11-14(17)16-6-3-8-18-9-7-16/h1-2,4-5H,3,6-9,11H2. The lowest BCUT2D eigenvalue weighted by atomic mass is 10.2. The van der Waals surface area contributed by atoms with Crippen LogP contribution in [0, 0.1) is 11.3 Å². The zero-order chi connectivity index (χ0) is 13.5. The molecule has 0 aliphatic carbocycles. The molecule has 0 atom stereocenters. The van der Waals surface area contributed by atoms with Gasteiger partial charge in [-0.15, -0.1) is 0 Å². The maximum atomic E-state index is 12.0. The fourth-order valence-corrected chi connectivity index (χ4v) is 1.91. The van der Waals surface area contributed by atoms with E-state index in [1.807, 2.05) is 6.07 Å². The van der Waals surface area contributed by atoms with Crippen molar-refractivity contribution < 1.29 is 14.3 Å². The van der Waals surface area contributed by atoms with Gasteiger partial charge in [0.1, 0.15) is 11.8 Å². The minimum Gasteiger partial charge on any atom is -0.482 e. The number of nitrogens with zero attached hydrogens (tertiary/aromatic N) is 2. The summed E-state index contributed by atoms with van der Waals surface area (Å²) in [5.41, 5.74) is 0.439. The Bertz CT molecular complexity index is 474. The summed E-state index contributed by atoms with van der Waals surface area (Å²) in [7, 11) is 0. The summed E-state index contributed by atoms with van der Waals surface area (Å²) in [6.07, 6.45) is 0.848. The molecule has 0 bridgehead atoms. The highest BCUT2D eigenvalue weighted by atomic mass is 16.5. The first-order valence-corrected chi connectivity index (χ1v) is 6.28. The number of ether oxygens (including phenoxy) is 2. The van der Waals surface area contributed by atoms with Gasteiger partial charge in [0.25, 0.3) is 5.91 Å². The third-order valence-electron chi connectivity index (χ3n) is 2.93. The highest BCUT2D eigenvalue weighted by Crippen LogP contribution is 2.16. The van der Waals surface area contributed by atoms with Crippen LogP contribution >= 0.6 is 0 Å². The Morgan fingerprint density at radius 3 is 3.05 bits per heavy atom. The van der Waals surface area contributed by atoms with E-state index >= 15 is 0 Å². The Morgan fingerprint density at radius 2 is 2.21 bits per heavy atom. The van der Waals surface area contributed by atoms with Gasteiger partial charge in [0.15, 0.2) is 6.61 Å². The molecule has 1 saturated heterocycles. The van der Waals surface area contributed by atoms with Gasteiger partial charge in [0.2, 0.25) is 0 Å². The number of carbonyl (C=O) groups excluding carboxylic acids is 1. The zero-order valence-corrected chi connectivity index (χ0v) is 10.7. The maximum Gasteiger partial charge on any atom is 0.260 e. The van der Waals surface area contributed by atoms with Crippen molar-refractivity contribution in [3.8, 4) is 11.8 Å². The molecule has 1 heterocycles. The Hall–Kier alpha value is -2.06. The van der Waals surface area contributed by atoms with E-state index in [4.69, 9.17) is 14.7 Å². The maximum absolute atomic E-state index is 12.0. The third kappa shape index (κ3) is 3.70. The number of carbonyl (C=O) groups is 1. The molecule has 2 rings (SSSR count). The van der Waals surface area contributed by atoms with Gasteiger partial charge in [-0.25, -0.2) is 0 Å². The smallest absolute Gasteiger partial charge is 0.260 e. The predicted molar refractivity (Wildman–Crippen MR) is 68.7 cm³/mol. The first-order chi connectivity index (χ1) is 9.31. The van der Waals surface area contributed by atoms with Crippen molar-refractivity contribution in [2.45, 2.75) is 6.42 Å². The van der Waals surface area contributed by atoms with Gasteiger partial charge < -0.3 is 14.4 Å². The monoisotopic (exact) mass is 260 g/mol. The van der Waals surface area contributed by atoms with Gasteiger partial charge in [-0.2, -0.15) is 5.26 Å². The van der Waals surface area contributed by atoms with E-state index in [-0.39, 0.29) is 12.5 Å². The molecular formula is C14H16N2O3. The molecule has 1 fully saturated rings. The number of hydrogen-bond donors (Lipinski definition) is 0. The minimum atomic E-state index is -0.0711. The summed E-state index contributed by atoms with van der Waals surface area (Å²) in [4.78, 5) is 13.7. The van der Waals surface area contributed by atoms with E-state index in [2.05, 4.69) is 0 Å². The van der Waals surface area contributed by atoms with Crippen LogP contribution in [-0.2, 0) is 9.53 Å². The molecule has 1 amide bonds. The summed E-state index contributed by atoms with van der Waals surface area (Å²) in [5, 5.41) is 8.93. The van der Waals surface area contributed by atoms with Crippen molar-refractivity contribution in [1.82, 2.24) is 4.90 Å². The van der Waals surface area contributed by atoms with Crippen molar-refractivity contribution in [3.05, 3.63) is 29.8 Å². The van der Waals surface area contributed by atoms with Gasteiger partial charge in [-0.1, -0.05) is 12.1 Å².